The molecule has 0 saturated heterocycles. The summed E-state index contributed by atoms with van der Waals surface area (Å²) in [6, 6.07) is 5.84. The third-order valence-corrected chi connectivity index (χ3v) is 5.69. The van der Waals surface area contributed by atoms with Gasteiger partial charge in [-0.1, -0.05) is 30.2 Å². The first kappa shape index (κ1) is 14.9. The van der Waals surface area contributed by atoms with Gasteiger partial charge in [0.2, 0.25) is 0 Å². The van der Waals surface area contributed by atoms with Gasteiger partial charge >= 0.3 is 0 Å². The fourth-order valence-corrected chi connectivity index (χ4v) is 4.15. The SMILES string of the molecule is Cc1nn(C(=O)c2c(Cl)cccc2C2CCC2)c2c1CCCC2. The summed E-state index contributed by atoms with van der Waals surface area (Å²) >= 11 is 6.43. The van der Waals surface area contributed by atoms with Crippen molar-refractivity contribution in [3.63, 3.8) is 0 Å². The van der Waals surface area contributed by atoms with Crippen molar-refractivity contribution < 1.29 is 4.79 Å². The minimum atomic E-state index is -0.0521. The van der Waals surface area contributed by atoms with Crippen LogP contribution in [-0.2, 0) is 12.8 Å². The average molecular weight is 329 g/mol. The van der Waals surface area contributed by atoms with Gasteiger partial charge in [0.05, 0.1) is 22.0 Å². The van der Waals surface area contributed by atoms with E-state index < -0.39 is 0 Å². The maximum atomic E-state index is 13.2. The number of hydrogen-bond donors (Lipinski definition) is 0. The number of aryl methyl sites for hydroxylation is 1. The molecule has 1 fully saturated rings. The number of carbonyl (C=O) groups excluding carboxylic acids is 1. The zero-order valence-corrected chi connectivity index (χ0v) is 14.2. The van der Waals surface area contributed by atoms with Crippen LogP contribution in [0.3, 0.4) is 0 Å². The molecule has 0 unspecified atom stereocenters. The fourth-order valence-electron chi connectivity index (χ4n) is 3.88. The van der Waals surface area contributed by atoms with Crippen molar-refractivity contribution in [1.29, 1.82) is 0 Å². The second-order valence-corrected chi connectivity index (χ2v) is 7.17. The van der Waals surface area contributed by atoms with Crippen LogP contribution in [0.2, 0.25) is 5.02 Å². The zero-order chi connectivity index (χ0) is 16.0. The minimum Gasteiger partial charge on any atom is -0.267 e. The first-order valence-corrected chi connectivity index (χ1v) is 8.95. The number of hydrogen-bond acceptors (Lipinski definition) is 2. The number of carbonyl (C=O) groups is 1. The third kappa shape index (κ3) is 2.42. The summed E-state index contributed by atoms with van der Waals surface area (Å²) in [5.41, 5.74) is 5.12. The Morgan fingerprint density at radius 1 is 1.22 bits per heavy atom. The van der Waals surface area contributed by atoms with E-state index in [0.717, 1.165) is 49.1 Å². The number of aromatic nitrogens is 2. The molecule has 1 aromatic carbocycles. The van der Waals surface area contributed by atoms with Crippen molar-refractivity contribution in [3.05, 3.63) is 51.3 Å². The Labute approximate surface area is 141 Å². The molecule has 4 rings (SSSR count). The predicted molar refractivity (Wildman–Crippen MR) is 91.4 cm³/mol. The molecule has 3 nitrogen and oxygen atoms in total. The Kier molecular flexibility index (Phi) is 3.76. The quantitative estimate of drug-likeness (QED) is 0.802. The van der Waals surface area contributed by atoms with Crippen molar-refractivity contribution in [3.8, 4) is 0 Å². The molecule has 0 N–H and O–H groups in total. The van der Waals surface area contributed by atoms with E-state index in [0.29, 0.717) is 16.5 Å². The zero-order valence-electron chi connectivity index (χ0n) is 13.4. The molecule has 2 aromatic rings. The van der Waals surface area contributed by atoms with Gasteiger partial charge < -0.3 is 0 Å². The van der Waals surface area contributed by atoms with Crippen molar-refractivity contribution in [2.75, 3.05) is 0 Å². The van der Waals surface area contributed by atoms with Gasteiger partial charge in [-0.2, -0.15) is 5.10 Å². The van der Waals surface area contributed by atoms with Gasteiger partial charge in [0, 0.05) is 0 Å². The van der Waals surface area contributed by atoms with Gasteiger partial charge in [0.15, 0.2) is 0 Å². The minimum absolute atomic E-state index is 0.0521. The maximum Gasteiger partial charge on any atom is 0.280 e. The first-order chi connectivity index (χ1) is 11.2. The summed E-state index contributed by atoms with van der Waals surface area (Å²) in [6.45, 7) is 2.01. The topological polar surface area (TPSA) is 34.9 Å². The molecule has 4 heteroatoms. The molecule has 2 aliphatic carbocycles. The van der Waals surface area contributed by atoms with Gasteiger partial charge in [-0.05, 0) is 68.6 Å². The molecule has 1 saturated carbocycles. The van der Waals surface area contributed by atoms with E-state index >= 15 is 0 Å². The molecule has 0 radical (unpaired) electrons. The van der Waals surface area contributed by atoms with Crippen molar-refractivity contribution in [2.24, 2.45) is 0 Å². The van der Waals surface area contributed by atoms with Crippen LogP contribution >= 0.6 is 11.6 Å². The Balaban J connectivity index is 1.81. The molecular formula is C19H21ClN2O. The van der Waals surface area contributed by atoms with E-state index in [-0.39, 0.29) is 5.91 Å². The molecule has 23 heavy (non-hydrogen) atoms. The van der Waals surface area contributed by atoms with Crippen LogP contribution in [0.1, 0.15) is 70.9 Å². The van der Waals surface area contributed by atoms with Crippen LogP contribution in [-0.4, -0.2) is 15.7 Å². The molecule has 0 bridgehead atoms. The van der Waals surface area contributed by atoms with E-state index in [1.54, 1.807) is 4.68 Å². The Morgan fingerprint density at radius 3 is 2.74 bits per heavy atom. The van der Waals surface area contributed by atoms with Crippen molar-refractivity contribution in [1.82, 2.24) is 9.78 Å². The number of nitrogens with zero attached hydrogens (tertiary/aromatic N) is 2. The molecule has 2 aliphatic rings. The monoisotopic (exact) mass is 328 g/mol. The fraction of sp³-hybridized carbons (Fsp3) is 0.474. The Bertz CT molecular complexity index is 774. The van der Waals surface area contributed by atoms with Crippen molar-refractivity contribution in [2.45, 2.75) is 57.8 Å². The largest absolute Gasteiger partial charge is 0.280 e. The Hall–Kier alpha value is -1.61. The van der Waals surface area contributed by atoms with Gasteiger partial charge in [0.25, 0.3) is 5.91 Å². The standard InChI is InChI=1S/C19H21ClN2O/c1-12-14-8-2-3-11-17(14)22(21-12)19(23)18-15(13-6-4-7-13)9-5-10-16(18)20/h5,9-10,13H,2-4,6-8,11H2,1H3. The van der Waals surface area contributed by atoms with Crippen LogP contribution in [0.25, 0.3) is 0 Å². The lowest BCUT2D eigenvalue weighted by molar-refractivity contribution is 0.0938. The molecule has 1 aromatic heterocycles. The van der Waals surface area contributed by atoms with Crippen molar-refractivity contribution >= 4 is 17.5 Å². The van der Waals surface area contributed by atoms with Crippen LogP contribution in [0, 0.1) is 6.92 Å². The van der Waals surface area contributed by atoms with Gasteiger partial charge in [0.1, 0.15) is 0 Å². The van der Waals surface area contributed by atoms with E-state index in [1.807, 2.05) is 19.1 Å². The van der Waals surface area contributed by atoms with Crippen LogP contribution < -0.4 is 0 Å². The second-order valence-electron chi connectivity index (χ2n) is 6.77. The second kappa shape index (κ2) is 5.79. The summed E-state index contributed by atoms with van der Waals surface area (Å²) in [7, 11) is 0. The third-order valence-electron chi connectivity index (χ3n) is 5.38. The smallest absolute Gasteiger partial charge is 0.267 e. The lowest BCUT2D eigenvalue weighted by Gasteiger charge is -2.28. The molecule has 0 amide bonds. The van der Waals surface area contributed by atoms with Gasteiger partial charge in [-0.25, -0.2) is 4.68 Å². The molecule has 1 heterocycles. The van der Waals surface area contributed by atoms with Gasteiger partial charge in [-0.3, -0.25) is 4.79 Å². The highest BCUT2D eigenvalue weighted by Crippen LogP contribution is 2.40. The number of halogens is 1. The lowest BCUT2D eigenvalue weighted by Crippen LogP contribution is -2.22. The summed E-state index contributed by atoms with van der Waals surface area (Å²) in [6.07, 6.45) is 7.82. The molecule has 0 atom stereocenters. The van der Waals surface area contributed by atoms with E-state index in [1.165, 1.54) is 18.4 Å². The molecule has 0 aliphatic heterocycles. The molecule has 120 valence electrons. The normalized spacial score (nSPS) is 17.7. The Morgan fingerprint density at radius 2 is 2.00 bits per heavy atom. The predicted octanol–water partition coefficient (Wildman–Crippen LogP) is 4.68. The summed E-state index contributed by atoms with van der Waals surface area (Å²) < 4.78 is 1.63. The average Bonchev–Trinajstić information content (AvgIpc) is 2.83. The molecular weight excluding hydrogens is 308 g/mol. The number of rotatable bonds is 2. The number of fused-ring (bicyclic) bond motifs is 1. The number of benzene rings is 1. The van der Waals surface area contributed by atoms with Crippen LogP contribution in [0.4, 0.5) is 0 Å². The summed E-state index contributed by atoms with van der Waals surface area (Å²) in [4.78, 5) is 13.2. The summed E-state index contributed by atoms with van der Waals surface area (Å²) in [5.74, 6) is 0.420. The van der Waals surface area contributed by atoms with Crippen LogP contribution in [0.15, 0.2) is 18.2 Å². The lowest BCUT2D eigenvalue weighted by atomic mass is 9.78. The summed E-state index contributed by atoms with van der Waals surface area (Å²) in [5, 5.41) is 5.12. The maximum absolute atomic E-state index is 13.2. The van der Waals surface area contributed by atoms with E-state index in [2.05, 4.69) is 11.2 Å². The van der Waals surface area contributed by atoms with Gasteiger partial charge in [-0.15, -0.1) is 0 Å². The first-order valence-electron chi connectivity index (χ1n) is 8.57. The van der Waals surface area contributed by atoms with Crippen LogP contribution in [0.5, 0.6) is 0 Å². The highest BCUT2D eigenvalue weighted by Gasteiger charge is 2.29. The highest BCUT2D eigenvalue weighted by molar-refractivity contribution is 6.34. The highest BCUT2D eigenvalue weighted by atomic mass is 35.5. The molecule has 0 spiro atoms. The van der Waals surface area contributed by atoms with E-state index in [9.17, 15) is 4.79 Å². The van der Waals surface area contributed by atoms with E-state index in [4.69, 9.17) is 11.6 Å².